The maximum absolute atomic E-state index is 6.50. The van der Waals surface area contributed by atoms with Crippen molar-refractivity contribution in [3.8, 4) is 0 Å². The summed E-state index contributed by atoms with van der Waals surface area (Å²) in [5, 5.41) is 0. The van der Waals surface area contributed by atoms with Gasteiger partial charge in [0.15, 0.2) is 0 Å². The molecule has 1 fully saturated rings. The molecule has 0 aromatic heterocycles. The molecule has 2 aliphatic heterocycles. The van der Waals surface area contributed by atoms with Gasteiger partial charge in [-0.2, -0.15) is 0 Å². The number of thioether (sulfide) groups is 1. The third-order valence-electron chi connectivity index (χ3n) is 4.01. The molecule has 2 aliphatic rings. The predicted octanol–water partition coefficient (Wildman–Crippen LogP) is 2.63. The molecule has 17 heavy (non-hydrogen) atoms. The van der Waals surface area contributed by atoms with Gasteiger partial charge in [-0.05, 0) is 30.4 Å². The molecule has 0 spiro atoms. The number of hydrogen-bond donors (Lipinski definition) is 1. The van der Waals surface area contributed by atoms with E-state index in [9.17, 15) is 0 Å². The number of fused-ring (bicyclic) bond motifs is 1. The van der Waals surface area contributed by atoms with Crippen LogP contribution in [0.5, 0.6) is 0 Å². The van der Waals surface area contributed by atoms with E-state index in [4.69, 9.17) is 10.5 Å². The minimum Gasteiger partial charge on any atom is -0.381 e. The SMILES string of the molecule is NC(C1CCOCC1)C1CSc2ccccc21. The topological polar surface area (TPSA) is 35.2 Å². The summed E-state index contributed by atoms with van der Waals surface area (Å²) in [6.07, 6.45) is 2.26. The van der Waals surface area contributed by atoms with Crippen molar-refractivity contribution in [1.29, 1.82) is 0 Å². The molecule has 0 saturated carbocycles. The molecule has 2 N–H and O–H groups in total. The minimum absolute atomic E-state index is 0.301. The molecule has 0 radical (unpaired) electrons. The Morgan fingerprint density at radius 1 is 1.24 bits per heavy atom. The van der Waals surface area contributed by atoms with Crippen molar-refractivity contribution >= 4 is 11.8 Å². The van der Waals surface area contributed by atoms with Crippen LogP contribution in [0.2, 0.25) is 0 Å². The van der Waals surface area contributed by atoms with Crippen molar-refractivity contribution < 1.29 is 4.74 Å². The van der Waals surface area contributed by atoms with Gasteiger partial charge in [0.05, 0.1) is 0 Å². The van der Waals surface area contributed by atoms with Gasteiger partial charge in [0, 0.05) is 35.8 Å². The summed E-state index contributed by atoms with van der Waals surface area (Å²) in [6.45, 7) is 1.78. The summed E-state index contributed by atoms with van der Waals surface area (Å²) >= 11 is 1.96. The number of nitrogens with two attached hydrogens (primary N) is 1. The molecule has 2 nitrogen and oxygen atoms in total. The molecule has 1 aromatic rings. The van der Waals surface area contributed by atoms with E-state index in [2.05, 4.69) is 24.3 Å². The molecule has 2 unspecified atom stereocenters. The molecule has 3 rings (SSSR count). The van der Waals surface area contributed by atoms with E-state index >= 15 is 0 Å². The highest BCUT2D eigenvalue weighted by Crippen LogP contribution is 2.42. The van der Waals surface area contributed by atoms with Gasteiger partial charge in [-0.1, -0.05) is 18.2 Å². The number of benzene rings is 1. The second-order valence-electron chi connectivity index (χ2n) is 4.98. The first-order chi connectivity index (χ1) is 8.36. The Balaban J connectivity index is 1.76. The Morgan fingerprint density at radius 2 is 2.00 bits per heavy atom. The van der Waals surface area contributed by atoms with Crippen molar-refractivity contribution in [3.05, 3.63) is 29.8 Å². The van der Waals surface area contributed by atoms with Crippen LogP contribution in [0.4, 0.5) is 0 Å². The highest BCUT2D eigenvalue weighted by Gasteiger charge is 2.33. The normalized spacial score (nSPS) is 26.8. The Morgan fingerprint density at radius 3 is 2.82 bits per heavy atom. The largest absolute Gasteiger partial charge is 0.381 e. The zero-order valence-electron chi connectivity index (χ0n) is 9.97. The molecular weight excluding hydrogens is 230 g/mol. The van der Waals surface area contributed by atoms with Gasteiger partial charge in [0.2, 0.25) is 0 Å². The summed E-state index contributed by atoms with van der Waals surface area (Å²) in [5.74, 6) is 2.33. The van der Waals surface area contributed by atoms with Gasteiger partial charge in [0.1, 0.15) is 0 Å². The van der Waals surface area contributed by atoms with E-state index in [1.165, 1.54) is 10.5 Å². The fourth-order valence-electron chi connectivity index (χ4n) is 2.94. The van der Waals surface area contributed by atoms with Crippen molar-refractivity contribution in [1.82, 2.24) is 0 Å². The Labute approximate surface area is 107 Å². The van der Waals surface area contributed by atoms with E-state index in [0.29, 0.717) is 17.9 Å². The minimum atomic E-state index is 0.301. The first-order valence-corrected chi connectivity index (χ1v) is 7.40. The van der Waals surface area contributed by atoms with Crippen molar-refractivity contribution in [2.24, 2.45) is 11.7 Å². The smallest absolute Gasteiger partial charge is 0.0469 e. The lowest BCUT2D eigenvalue weighted by Crippen LogP contribution is -2.39. The van der Waals surface area contributed by atoms with Crippen LogP contribution < -0.4 is 5.73 Å². The van der Waals surface area contributed by atoms with E-state index in [1.54, 1.807) is 0 Å². The highest BCUT2D eigenvalue weighted by molar-refractivity contribution is 7.99. The molecule has 2 atom stereocenters. The fourth-order valence-corrected chi connectivity index (χ4v) is 4.26. The maximum Gasteiger partial charge on any atom is 0.0469 e. The van der Waals surface area contributed by atoms with Gasteiger partial charge in [-0.3, -0.25) is 0 Å². The third kappa shape index (κ3) is 2.24. The molecule has 1 aromatic carbocycles. The summed E-state index contributed by atoms with van der Waals surface area (Å²) in [5.41, 5.74) is 7.97. The Bertz CT molecular complexity index is 390. The monoisotopic (exact) mass is 249 g/mol. The second-order valence-corrected chi connectivity index (χ2v) is 6.04. The summed E-state index contributed by atoms with van der Waals surface area (Å²) in [7, 11) is 0. The first kappa shape index (κ1) is 11.6. The first-order valence-electron chi connectivity index (χ1n) is 6.41. The molecular formula is C14H19NOS. The lowest BCUT2D eigenvalue weighted by Gasteiger charge is -2.31. The second kappa shape index (κ2) is 5.01. The van der Waals surface area contributed by atoms with Crippen molar-refractivity contribution in [2.45, 2.75) is 29.7 Å². The van der Waals surface area contributed by atoms with Crippen molar-refractivity contribution in [2.75, 3.05) is 19.0 Å². The average Bonchev–Trinajstić information content (AvgIpc) is 2.83. The van der Waals surface area contributed by atoms with Crippen LogP contribution in [0.3, 0.4) is 0 Å². The molecule has 0 bridgehead atoms. The molecule has 92 valence electrons. The van der Waals surface area contributed by atoms with Gasteiger partial charge < -0.3 is 10.5 Å². The Kier molecular flexibility index (Phi) is 3.41. The summed E-state index contributed by atoms with van der Waals surface area (Å²) < 4.78 is 5.42. The van der Waals surface area contributed by atoms with E-state index < -0.39 is 0 Å². The fraction of sp³-hybridized carbons (Fsp3) is 0.571. The molecule has 0 aliphatic carbocycles. The predicted molar refractivity (Wildman–Crippen MR) is 71.4 cm³/mol. The third-order valence-corrected chi connectivity index (χ3v) is 5.22. The number of ether oxygens (including phenoxy) is 1. The summed E-state index contributed by atoms with van der Waals surface area (Å²) in [6, 6.07) is 9.02. The lowest BCUT2D eigenvalue weighted by molar-refractivity contribution is 0.0561. The molecule has 1 saturated heterocycles. The maximum atomic E-state index is 6.50. The van der Waals surface area contributed by atoms with Crippen LogP contribution in [-0.2, 0) is 4.74 Å². The zero-order valence-corrected chi connectivity index (χ0v) is 10.8. The van der Waals surface area contributed by atoms with Gasteiger partial charge in [-0.25, -0.2) is 0 Å². The molecule has 3 heteroatoms. The molecule has 2 heterocycles. The molecule has 0 amide bonds. The van der Waals surface area contributed by atoms with Gasteiger partial charge in [0.25, 0.3) is 0 Å². The van der Waals surface area contributed by atoms with Crippen LogP contribution in [0.1, 0.15) is 24.3 Å². The highest BCUT2D eigenvalue weighted by atomic mass is 32.2. The van der Waals surface area contributed by atoms with Gasteiger partial charge in [-0.15, -0.1) is 11.8 Å². The van der Waals surface area contributed by atoms with Crippen LogP contribution in [0.15, 0.2) is 29.2 Å². The number of rotatable bonds is 2. The quantitative estimate of drug-likeness (QED) is 0.875. The zero-order chi connectivity index (χ0) is 11.7. The average molecular weight is 249 g/mol. The van der Waals surface area contributed by atoms with E-state index in [0.717, 1.165) is 31.8 Å². The van der Waals surface area contributed by atoms with Crippen LogP contribution in [-0.4, -0.2) is 25.0 Å². The number of hydrogen-bond acceptors (Lipinski definition) is 3. The van der Waals surface area contributed by atoms with E-state index in [-0.39, 0.29) is 0 Å². The van der Waals surface area contributed by atoms with Crippen LogP contribution >= 0.6 is 11.8 Å². The van der Waals surface area contributed by atoms with Crippen LogP contribution in [0, 0.1) is 5.92 Å². The van der Waals surface area contributed by atoms with E-state index in [1.807, 2.05) is 11.8 Å². The van der Waals surface area contributed by atoms with Gasteiger partial charge >= 0.3 is 0 Å². The van der Waals surface area contributed by atoms with Crippen molar-refractivity contribution in [3.63, 3.8) is 0 Å². The lowest BCUT2D eigenvalue weighted by atomic mass is 9.82. The Hall–Kier alpha value is -0.510. The summed E-state index contributed by atoms with van der Waals surface area (Å²) in [4.78, 5) is 1.43. The van der Waals surface area contributed by atoms with Crippen LogP contribution in [0.25, 0.3) is 0 Å². The standard InChI is InChI=1S/C14H19NOS/c15-14(10-5-7-16-8-6-10)12-9-17-13-4-2-1-3-11(12)13/h1-4,10,12,14H,5-9,15H2.